The fraction of sp³-hybridized carbons (Fsp3) is 0.125. The van der Waals surface area contributed by atoms with Gasteiger partial charge in [0.15, 0.2) is 17.0 Å². The molecule has 0 saturated heterocycles. The minimum atomic E-state index is -2.96. The van der Waals surface area contributed by atoms with Gasteiger partial charge in [0.25, 0.3) is 11.8 Å². The molecule has 0 aliphatic rings. The van der Waals surface area contributed by atoms with E-state index in [-0.39, 0.29) is 35.9 Å². The maximum atomic E-state index is 14.3. The highest BCUT2D eigenvalue weighted by Crippen LogP contribution is 2.16. The molecule has 0 saturated carbocycles. The molecule has 2 aromatic carbocycles. The largest absolute Gasteiger partial charge is 0.435 e. The number of nitrogens with one attached hydrogen (secondary N) is 3. The van der Waals surface area contributed by atoms with E-state index in [1.54, 1.807) is 18.2 Å². The van der Waals surface area contributed by atoms with Crippen molar-refractivity contribution in [1.82, 2.24) is 30.2 Å². The molecule has 5 rings (SSSR count). The van der Waals surface area contributed by atoms with Gasteiger partial charge in [0, 0.05) is 19.2 Å². The molecular weight excluding hydrogens is 509 g/mol. The molecule has 0 atom stereocenters. The van der Waals surface area contributed by atoms with Crippen molar-refractivity contribution in [2.75, 3.05) is 0 Å². The number of amides is 2. The van der Waals surface area contributed by atoms with Crippen LogP contribution in [-0.4, -0.2) is 38.0 Å². The van der Waals surface area contributed by atoms with Crippen molar-refractivity contribution in [2.45, 2.75) is 19.7 Å². The summed E-state index contributed by atoms with van der Waals surface area (Å²) >= 11 is 0. The Kier molecular flexibility index (Phi) is 6.51. The quantitative estimate of drug-likeness (QED) is 0.282. The van der Waals surface area contributed by atoms with Crippen LogP contribution in [0.1, 0.15) is 32.1 Å². The Balaban J connectivity index is 1.32. The van der Waals surface area contributed by atoms with E-state index in [4.69, 9.17) is 4.42 Å². The number of fused-ring (bicyclic) bond motifs is 2. The molecule has 38 heavy (non-hydrogen) atoms. The minimum Gasteiger partial charge on any atom is -0.435 e. The summed E-state index contributed by atoms with van der Waals surface area (Å²) in [6.45, 7) is -2.91. The second-order valence-corrected chi connectivity index (χ2v) is 7.99. The van der Waals surface area contributed by atoms with Gasteiger partial charge in [0.1, 0.15) is 17.1 Å². The van der Waals surface area contributed by atoms with Crippen molar-refractivity contribution < 1.29 is 31.9 Å². The SMILES string of the molecule is O=C(NCc1ccc2oc(=O)[nH]c2c1)c1cc(C(=O)NCc2ccc(OC(F)F)cc2)n2ncc(F)c2n1. The maximum absolute atomic E-state index is 14.3. The zero-order valence-electron chi connectivity index (χ0n) is 19.2. The highest BCUT2D eigenvalue weighted by molar-refractivity contribution is 5.98. The molecule has 5 aromatic rings. The van der Waals surface area contributed by atoms with E-state index in [0.717, 1.165) is 10.7 Å². The molecular formula is C24H17F3N6O5. The van der Waals surface area contributed by atoms with Crippen LogP contribution in [0.5, 0.6) is 5.75 Å². The number of halogens is 3. The van der Waals surface area contributed by atoms with Gasteiger partial charge in [0.05, 0.1) is 11.7 Å². The van der Waals surface area contributed by atoms with Crippen LogP contribution in [0, 0.1) is 5.82 Å². The third kappa shape index (κ3) is 5.18. The van der Waals surface area contributed by atoms with Crippen molar-refractivity contribution in [2.24, 2.45) is 0 Å². The van der Waals surface area contributed by atoms with Crippen LogP contribution in [-0.2, 0) is 13.1 Å². The molecule has 0 bridgehead atoms. The molecule has 194 valence electrons. The van der Waals surface area contributed by atoms with Crippen molar-refractivity contribution in [3.05, 3.63) is 93.6 Å². The number of alkyl halides is 2. The highest BCUT2D eigenvalue weighted by Gasteiger charge is 2.20. The number of rotatable bonds is 8. The fourth-order valence-corrected chi connectivity index (χ4v) is 3.66. The van der Waals surface area contributed by atoms with Gasteiger partial charge in [-0.25, -0.2) is 18.7 Å². The van der Waals surface area contributed by atoms with E-state index in [1.165, 1.54) is 30.3 Å². The summed E-state index contributed by atoms with van der Waals surface area (Å²) < 4.78 is 49.1. The molecule has 3 aromatic heterocycles. The second kappa shape index (κ2) is 10.1. The number of hydrogen-bond donors (Lipinski definition) is 3. The predicted molar refractivity (Wildman–Crippen MR) is 125 cm³/mol. The lowest BCUT2D eigenvalue weighted by Crippen LogP contribution is -2.28. The molecule has 0 aliphatic heterocycles. The first-order valence-electron chi connectivity index (χ1n) is 11.0. The zero-order chi connectivity index (χ0) is 26.8. The highest BCUT2D eigenvalue weighted by atomic mass is 19.3. The number of hydrogen-bond acceptors (Lipinski definition) is 7. The van der Waals surface area contributed by atoms with Crippen LogP contribution in [0.4, 0.5) is 13.2 Å². The van der Waals surface area contributed by atoms with Crippen molar-refractivity contribution >= 4 is 28.6 Å². The normalized spacial score (nSPS) is 11.3. The molecule has 0 fully saturated rings. The molecule has 14 heteroatoms. The van der Waals surface area contributed by atoms with Gasteiger partial charge in [-0.1, -0.05) is 18.2 Å². The Bertz CT molecular complexity index is 1710. The van der Waals surface area contributed by atoms with Crippen LogP contribution in [0.2, 0.25) is 0 Å². The van der Waals surface area contributed by atoms with E-state index in [2.05, 4.69) is 30.4 Å². The summed E-state index contributed by atoms with van der Waals surface area (Å²) in [4.78, 5) is 43.6. The first kappa shape index (κ1) is 24.5. The Labute approximate surface area is 210 Å². The molecule has 0 spiro atoms. The van der Waals surface area contributed by atoms with Gasteiger partial charge >= 0.3 is 12.4 Å². The molecule has 2 amide bonds. The van der Waals surface area contributed by atoms with Gasteiger partial charge in [-0.05, 0) is 35.4 Å². The maximum Gasteiger partial charge on any atom is 0.417 e. The Hall–Kier alpha value is -5.14. The fourth-order valence-electron chi connectivity index (χ4n) is 3.66. The average Bonchev–Trinajstić information content (AvgIpc) is 3.46. The summed E-state index contributed by atoms with van der Waals surface area (Å²) in [5.74, 6) is -2.84. The first-order chi connectivity index (χ1) is 18.3. The number of ether oxygens (including phenoxy) is 1. The van der Waals surface area contributed by atoms with Gasteiger partial charge in [-0.15, -0.1) is 0 Å². The number of aromatic amines is 1. The van der Waals surface area contributed by atoms with Gasteiger partial charge in [0.2, 0.25) is 0 Å². The molecule has 0 unspecified atom stereocenters. The number of carbonyl (C=O) groups is 2. The van der Waals surface area contributed by atoms with Gasteiger partial charge in [-0.3, -0.25) is 14.6 Å². The molecule has 3 heterocycles. The number of oxazole rings is 1. The molecule has 0 aliphatic carbocycles. The third-order valence-corrected chi connectivity index (χ3v) is 5.43. The van der Waals surface area contributed by atoms with Crippen LogP contribution >= 0.6 is 0 Å². The third-order valence-electron chi connectivity index (χ3n) is 5.43. The molecule has 0 radical (unpaired) electrons. The summed E-state index contributed by atoms with van der Waals surface area (Å²) in [5.41, 5.74) is 1.33. The summed E-state index contributed by atoms with van der Waals surface area (Å²) in [6.07, 6.45) is 0.865. The summed E-state index contributed by atoms with van der Waals surface area (Å²) in [6, 6.07) is 11.6. The van der Waals surface area contributed by atoms with Crippen molar-refractivity contribution in [1.29, 1.82) is 0 Å². The van der Waals surface area contributed by atoms with Crippen LogP contribution in [0.15, 0.2) is 63.9 Å². The monoisotopic (exact) mass is 526 g/mol. The van der Waals surface area contributed by atoms with E-state index in [1.807, 2.05) is 0 Å². The lowest BCUT2D eigenvalue weighted by molar-refractivity contribution is -0.0498. The number of benzene rings is 2. The van der Waals surface area contributed by atoms with E-state index < -0.39 is 30.0 Å². The Morgan fingerprint density at radius 3 is 2.50 bits per heavy atom. The van der Waals surface area contributed by atoms with E-state index in [0.29, 0.717) is 22.2 Å². The van der Waals surface area contributed by atoms with E-state index >= 15 is 0 Å². The lowest BCUT2D eigenvalue weighted by Gasteiger charge is -2.10. The predicted octanol–water partition coefficient (Wildman–Crippen LogP) is 2.76. The number of nitrogens with zero attached hydrogens (tertiary/aromatic N) is 3. The van der Waals surface area contributed by atoms with Crippen LogP contribution in [0.25, 0.3) is 16.7 Å². The minimum absolute atomic E-state index is 0.00146. The average molecular weight is 526 g/mol. The Morgan fingerprint density at radius 1 is 1.03 bits per heavy atom. The topological polar surface area (TPSA) is 144 Å². The van der Waals surface area contributed by atoms with Gasteiger partial charge in [-0.2, -0.15) is 13.9 Å². The van der Waals surface area contributed by atoms with Crippen LogP contribution in [0.3, 0.4) is 0 Å². The lowest BCUT2D eigenvalue weighted by atomic mass is 10.2. The zero-order valence-corrected chi connectivity index (χ0v) is 19.2. The standard InChI is InChI=1S/C24H17F3N6O5/c25-15-11-30-33-18(22(35)29-9-12-1-4-14(5-2-12)37-23(26)27)8-17(31-20(15)33)21(34)28-10-13-3-6-19-16(7-13)32-24(36)38-19/h1-8,11,23H,9-10H2,(H,28,34)(H,29,35)(H,32,36). The first-order valence-corrected chi connectivity index (χ1v) is 11.0. The molecule has 11 nitrogen and oxygen atoms in total. The number of aromatic nitrogens is 4. The van der Waals surface area contributed by atoms with E-state index in [9.17, 15) is 27.6 Å². The summed E-state index contributed by atoms with van der Waals surface area (Å²) in [5, 5.41) is 9.06. The Morgan fingerprint density at radius 2 is 1.74 bits per heavy atom. The van der Waals surface area contributed by atoms with Crippen molar-refractivity contribution in [3.8, 4) is 5.75 Å². The number of carbonyl (C=O) groups excluding carboxylic acids is 2. The van der Waals surface area contributed by atoms with Crippen molar-refractivity contribution in [3.63, 3.8) is 0 Å². The second-order valence-electron chi connectivity index (χ2n) is 7.99. The molecule has 3 N–H and O–H groups in total. The summed E-state index contributed by atoms with van der Waals surface area (Å²) in [7, 11) is 0. The number of H-pyrrole nitrogens is 1. The smallest absolute Gasteiger partial charge is 0.417 e. The van der Waals surface area contributed by atoms with Crippen LogP contribution < -0.4 is 21.1 Å². The van der Waals surface area contributed by atoms with Gasteiger partial charge < -0.3 is 19.8 Å².